The van der Waals surface area contributed by atoms with Gasteiger partial charge in [-0.05, 0) is 25.2 Å². The van der Waals surface area contributed by atoms with Crippen molar-refractivity contribution in [3.8, 4) is 0 Å². The molecule has 2 fully saturated rings. The van der Waals surface area contributed by atoms with E-state index in [4.69, 9.17) is 9.47 Å². The third kappa shape index (κ3) is 4.75. The number of amides is 1. The van der Waals surface area contributed by atoms with Crippen molar-refractivity contribution >= 4 is 5.91 Å². The Hall–Kier alpha value is -0.650. The van der Waals surface area contributed by atoms with Crippen LogP contribution in [0.5, 0.6) is 0 Å². The maximum Gasteiger partial charge on any atom is 0.237 e. The molecule has 2 aliphatic rings. The number of nitrogens with one attached hydrogen (secondary N) is 2. The molecule has 1 aliphatic carbocycles. The zero-order chi connectivity index (χ0) is 13.5. The number of hydrogen-bond acceptors (Lipinski definition) is 4. The lowest BCUT2D eigenvalue weighted by Gasteiger charge is -2.22. The number of carbonyl (C=O) groups excluding carboxylic acids is 1. The summed E-state index contributed by atoms with van der Waals surface area (Å²) in [6.45, 7) is 1.86. The van der Waals surface area contributed by atoms with Gasteiger partial charge in [-0.25, -0.2) is 0 Å². The fourth-order valence-corrected chi connectivity index (χ4v) is 2.95. The van der Waals surface area contributed by atoms with Crippen molar-refractivity contribution in [2.24, 2.45) is 5.92 Å². The highest BCUT2D eigenvalue weighted by Gasteiger charge is 2.30. The maximum absolute atomic E-state index is 12.0. The van der Waals surface area contributed by atoms with Gasteiger partial charge in [-0.15, -0.1) is 0 Å². The molecule has 1 unspecified atom stereocenters. The van der Waals surface area contributed by atoms with Crippen molar-refractivity contribution < 1.29 is 14.3 Å². The van der Waals surface area contributed by atoms with Gasteiger partial charge in [-0.3, -0.25) is 4.79 Å². The van der Waals surface area contributed by atoms with Gasteiger partial charge in [0.2, 0.25) is 5.91 Å². The fraction of sp³-hybridized carbons (Fsp3) is 0.929. The van der Waals surface area contributed by atoms with Crippen molar-refractivity contribution in [1.82, 2.24) is 10.6 Å². The molecule has 110 valence electrons. The number of methoxy groups -OCH3 is 1. The topological polar surface area (TPSA) is 59.6 Å². The van der Waals surface area contributed by atoms with E-state index in [1.807, 2.05) is 0 Å². The van der Waals surface area contributed by atoms with Crippen LogP contribution in [0.25, 0.3) is 0 Å². The molecule has 1 amide bonds. The Morgan fingerprint density at radius 2 is 2.11 bits per heavy atom. The van der Waals surface area contributed by atoms with E-state index in [1.165, 1.54) is 32.1 Å². The summed E-state index contributed by atoms with van der Waals surface area (Å²) in [7, 11) is 1.61. The molecule has 5 heteroatoms. The van der Waals surface area contributed by atoms with E-state index in [9.17, 15) is 4.79 Å². The number of rotatable bonds is 6. The van der Waals surface area contributed by atoms with Gasteiger partial charge in [0.05, 0.1) is 12.1 Å². The van der Waals surface area contributed by atoms with Gasteiger partial charge in [0, 0.05) is 20.2 Å². The Bertz CT molecular complexity index is 280. The molecule has 0 radical (unpaired) electrons. The molecule has 5 nitrogen and oxygen atoms in total. The molecule has 0 bridgehead atoms. The second kappa shape index (κ2) is 7.82. The first-order valence-corrected chi connectivity index (χ1v) is 7.41. The minimum atomic E-state index is -0.106. The molecule has 1 heterocycles. The molecule has 2 rings (SSSR count). The van der Waals surface area contributed by atoms with Crippen molar-refractivity contribution in [3.63, 3.8) is 0 Å². The first-order chi connectivity index (χ1) is 9.29. The van der Waals surface area contributed by atoms with Gasteiger partial charge >= 0.3 is 0 Å². The molecule has 1 saturated carbocycles. The smallest absolute Gasteiger partial charge is 0.237 e. The molecular weight excluding hydrogens is 244 g/mol. The van der Waals surface area contributed by atoms with Crippen LogP contribution in [0.1, 0.15) is 38.5 Å². The average Bonchev–Trinajstić information content (AvgIpc) is 2.92. The average molecular weight is 270 g/mol. The van der Waals surface area contributed by atoms with Gasteiger partial charge in [0.25, 0.3) is 0 Å². The first kappa shape index (κ1) is 14.8. The molecule has 1 aliphatic heterocycles. The molecule has 0 aromatic heterocycles. The second-order valence-corrected chi connectivity index (χ2v) is 5.64. The first-order valence-electron chi connectivity index (χ1n) is 7.41. The summed E-state index contributed by atoms with van der Waals surface area (Å²) in [5, 5.41) is 6.29. The van der Waals surface area contributed by atoms with Crippen LogP contribution in [0.4, 0.5) is 0 Å². The molecule has 0 spiro atoms. The predicted molar refractivity (Wildman–Crippen MR) is 72.7 cm³/mol. The summed E-state index contributed by atoms with van der Waals surface area (Å²) in [5.74, 6) is 0.800. The Balaban J connectivity index is 1.63. The van der Waals surface area contributed by atoms with Crippen molar-refractivity contribution in [2.75, 3.05) is 27.0 Å². The van der Waals surface area contributed by atoms with Gasteiger partial charge in [0.1, 0.15) is 6.79 Å². The lowest BCUT2D eigenvalue weighted by molar-refractivity contribution is -0.123. The van der Waals surface area contributed by atoms with Crippen LogP contribution in [0.15, 0.2) is 0 Å². The van der Waals surface area contributed by atoms with Crippen LogP contribution in [-0.2, 0) is 14.3 Å². The largest absolute Gasteiger partial charge is 0.359 e. The Labute approximate surface area is 115 Å². The van der Waals surface area contributed by atoms with Crippen LogP contribution >= 0.6 is 0 Å². The molecular formula is C14H26N2O3. The minimum Gasteiger partial charge on any atom is -0.359 e. The summed E-state index contributed by atoms with van der Waals surface area (Å²) in [6, 6.07) is -0.106. The summed E-state index contributed by atoms with van der Waals surface area (Å²) >= 11 is 0. The summed E-state index contributed by atoms with van der Waals surface area (Å²) < 4.78 is 10.3. The quantitative estimate of drug-likeness (QED) is 0.708. The zero-order valence-electron chi connectivity index (χ0n) is 11.8. The van der Waals surface area contributed by atoms with Crippen LogP contribution < -0.4 is 10.6 Å². The predicted octanol–water partition coefficient (Wildman–Crippen LogP) is 1.03. The highest BCUT2D eigenvalue weighted by Crippen LogP contribution is 2.22. The Morgan fingerprint density at radius 1 is 1.32 bits per heavy atom. The van der Waals surface area contributed by atoms with E-state index in [-0.39, 0.29) is 18.1 Å². The maximum atomic E-state index is 12.0. The number of ether oxygens (including phenoxy) is 2. The highest BCUT2D eigenvalue weighted by molar-refractivity contribution is 5.82. The van der Waals surface area contributed by atoms with E-state index in [1.54, 1.807) is 7.11 Å². The third-order valence-electron chi connectivity index (χ3n) is 4.12. The van der Waals surface area contributed by atoms with Gasteiger partial charge in [0.15, 0.2) is 0 Å². The molecule has 1 saturated heterocycles. The zero-order valence-corrected chi connectivity index (χ0v) is 11.8. The lowest BCUT2D eigenvalue weighted by Crippen LogP contribution is -2.42. The second-order valence-electron chi connectivity index (χ2n) is 5.64. The number of carbonyl (C=O) groups is 1. The molecule has 0 aromatic carbocycles. The standard InChI is InChI=1S/C14H26N2O3/c1-18-10-19-12-7-13(15-9-12)14(17)16-8-11-5-3-2-4-6-11/h11-13,15H,2-10H2,1H3,(H,16,17)/t12?,13-/m0/s1. The minimum absolute atomic E-state index is 0.0883. The molecule has 2 atom stereocenters. The molecule has 2 N–H and O–H groups in total. The molecule has 19 heavy (non-hydrogen) atoms. The van der Waals surface area contributed by atoms with E-state index in [2.05, 4.69) is 10.6 Å². The normalized spacial score (nSPS) is 28.5. The van der Waals surface area contributed by atoms with Crippen LogP contribution in [0, 0.1) is 5.92 Å². The van der Waals surface area contributed by atoms with Crippen molar-refractivity contribution in [2.45, 2.75) is 50.7 Å². The summed E-state index contributed by atoms with van der Waals surface area (Å²) in [6.07, 6.45) is 7.33. The van der Waals surface area contributed by atoms with E-state index in [0.29, 0.717) is 12.7 Å². The van der Waals surface area contributed by atoms with Crippen molar-refractivity contribution in [1.29, 1.82) is 0 Å². The van der Waals surface area contributed by atoms with Crippen LogP contribution in [0.2, 0.25) is 0 Å². The highest BCUT2D eigenvalue weighted by atomic mass is 16.7. The van der Waals surface area contributed by atoms with E-state index >= 15 is 0 Å². The SMILES string of the molecule is COCOC1CN[C@H](C(=O)NCC2CCCCC2)C1. The van der Waals surface area contributed by atoms with E-state index < -0.39 is 0 Å². The van der Waals surface area contributed by atoms with Crippen LogP contribution in [0.3, 0.4) is 0 Å². The van der Waals surface area contributed by atoms with Gasteiger partial charge in [-0.2, -0.15) is 0 Å². The monoisotopic (exact) mass is 270 g/mol. The fourth-order valence-electron chi connectivity index (χ4n) is 2.95. The van der Waals surface area contributed by atoms with Crippen LogP contribution in [-0.4, -0.2) is 45.0 Å². The van der Waals surface area contributed by atoms with Gasteiger partial charge < -0.3 is 20.1 Å². The summed E-state index contributed by atoms with van der Waals surface area (Å²) in [4.78, 5) is 12.0. The van der Waals surface area contributed by atoms with Gasteiger partial charge in [-0.1, -0.05) is 19.3 Å². The Morgan fingerprint density at radius 3 is 2.84 bits per heavy atom. The Kier molecular flexibility index (Phi) is 6.07. The molecule has 0 aromatic rings. The third-order valence-corrected chi connectivity index (χ3v) is 4.12. The number of hydrogen-bond donors (Lipinski definition) is 2. The van der Waals surface area contributed by atoms with Crippen molar-refractivity contribution in [3.05, 3.63) is 0 Å². The van der Waals surface area contributed by atoms with E-state index in [0.717, 1.165) is 19.5 Å². The summed E-state index contributed by atoms with van der Waals surface area (Å²) in [5.41, 5.74) is 0. The lowest BCUT2D eigenvalue weighted by atomic mass is 9.89.